The van der Waals surface area contributed by atoms with Crippen molar-refractivity contribution in [2.75, 3.05) is 0 Å². The first-order valence-electron chi connectivity index (χ1n) is 7.16. The van der Waals surface area contributed by atoms with Gasteiger partial charge in [-0.1, -0.05) is 59.1 Å². The fraction of sp³-hybridized carbons (Fsp3) is 0.176. The van der Waals surface area contributed by atoms with Crippen LogP contribution in [0.15, 0.2) is 42.5 Å². The number of nitrogens with zero attached hydrogens (tertiary/aromatic N) is 1. The van der Waals surface area contributed by atoms with Crippen LogP contribution in [0.2, 0.25) is 15.1 Å². The van der Waals surface area contributed by atoms with Gasteiger partial charge in [0.15, 0.2) is 0 Å². The van der Waals surface area contributed by atoms with Gasteiger partial charge < -0.3 is 5.32 Å². The van der Waals surface area contributed by atoms with Crippen LogP contribution in [-0.2, 0) is 16.9 Å². The van der Waals surface area contributed by atoms with Crippen molar-refractivity contribution < 1.29 is 9.59 Å². The smallest absolute Gasteiger partial charge is 0.319 e. The van der Waals surface area contributed by atoms with E-state index in [-0.39, 0.29) is 6.54 Å². The number of nitrogens with one attached hydrogen (secondary N) is 1. The quantitative estimate of drug-likeness (QED) is 0.787. The molecule has 1 N–H and O–H groups in total. The van der Waals surface area contributed by atoms with Gasteiger partial charge in [0.2, 0.25) is 0 Å². The van der Waals surface area contributed by atoms with E-state index >= 15 is 0 Å². The minimum Gasteiger partial charge on any atom is -0.319 e. The Morgan fingerprint density at radius 2 is 1.54 bits per heavy atom. The van der Waals surface area contributed by atoms with E-state index in [2.05, 4.69) is 5.32 Å². The largest absolute Gasteiger partial charge is 0.325 e. The molecule has 2 aromatic carbocycles. The molecule has 1 aliphatic rings. The number of carbonyl (C=O) groups excluding carboxylic acids is 2. The van der Waals surface area contributed by atoms with E-state index in [9.17, 15) is 9.59 Å². The highest BCUT2D eigenvalue weighted by atomic mass is 35.5. The predicted molar refractivity (Wildman–Crippen MR) is 94.3 cm³/mol. The Morgan fingerprint density at radius 3 is 2.17 bits per heavy atom. The van der Waals surface area contributed by atoms with E-state index in [0.29, 0.717) is 26.2 Å². The monoisotopic (exact) mass is 382 g/mol. The van der Waals surface area contributed by atoms with Gasteiger partial charge in [-0.05, 0) is 25.1 Å². The average Bonchev–Trinajstić information content (AvgIpc) is 2.75. The summed E-state index contributed by atoms with van der Waals surface area (Å²) in [5.41, 5.74) is -0.172. The van der Waals surface area contributed by atoms with E-state index in [1.54, 1.807) is 49.4 Å². The van der Waals surface area contributed by atoms with E-state index in [1.807, 2.05) is 0 Å². The fourth-order valence-corrected chi connectivity index (χ4v) is 3.57. The highest BCUT2D eigenvalue weighted by Crippen LogP contribution is 2.35. The lowest BCUT2D eigenvalue weighted by Gasteiger charge is -2.23. The Labute approximate surface area is 154 Å². The zero-order valence-electron chi connectivity index (χ0n) is 12.6. The molecule has 3 rings (SSSR count). The summed E-state index contributed by atoms with van der Waals surface area (Å²) in [7, 11) is 0. The molecule has 1 fully saturated rings. The van der Waals surface area contributed by atoms with Gasteiger partial charge in [0.05, 0.1) is 6.54 Å². The van der Waals surface area contributed by atoms with Gasteiger partial charge in [0.25, 0.3) is 5.91 Å². The lowest BCUT2D eigenvalue weighted by molar-refractivity contribution is -0.131. The second-order valence-corrected chi connectivity index (χ2v) is 6.85. The minimum absolute atomic E-state index is 0.0107. The van der Waals surface area contributed by atoms with Gasteiger partial charge in [-0.2, -0.15) is 0 Å². The Bertz CT molecular complexity index is 820. The van der Waals surface area contributed by atoms with E-state index in [4.69, 9.17) is 34.8 Å². The van der Waals surface area contributed by atoms with Crippen LogP contribution in [0, 0.1) is 0 Å². The van der Waals surface area contributed by atoms with Crippen LogP contribution in [0.5, 0.6) is 0 Å². The maximum Gasteiger partial charge on any atom is 0.325 e. The topological polar surface area (TPSA) is 49.4 Å². The molecule has 1 atom stereocenters. The Balaban J connectivity index is 1.97. The standard InChI is InChI=1S/C17H13Cl3N2O2/c1-17(11-5-2-3-6-14(11)20)15(23)22(16(24)21-17)9-10-12(18)7-4-8-13(10)19/h2-8H,9H2,1H3,(H,21,24). The highest BCUT2D eigenvalue weighted by molar-refractivity contribution is 6.36. The normalized spacial score (nSPS) is 20.4. The number of imide groups is 1. The molecule has 0 aromatic heterocycles. The third-order valence-corrected chi connectivity index (χ3v) is 5.10. The number of benzene rings is 2. The Hall–Kier alpha value is -1.75. The second kappa shape index (κ2) is 6.28. The molecule has 124 valence electrons. The first-order valence-corrected chi connectivity index (χ1v) is 8.30. The number of hydrogen-bond acceptors (Lipinski definition) is 2. The lowest BCUT2D eigenvalue weighted by Crippen LogP contribution is -2.41. The highest BCUT2D eigenvalue weighted by Gasteiger charge is 2.49. The molecule has 1 unspecified atom stereocenters. The Morgan fingerprint density at radius 1 is 0.958 bits per heavy atom. The number of rotatable bonds is 3. The summed E-state index contributed by atoms with van der Waals surface area (Å²) in [6.45, 7) is 1.62. The molecule has 4 nitrogen and oxygen atoms in total. The second-order valence-electron chi connectivity index (χ2n) is 5.63. The molecule has 2 aromatic rings. The summed E-state index contributed by atoms with van der Waals surface area (Å²) in [5.74, 6) is -0.406. The van der Waals surface area contributed by atoms with Crippen molar-refractivity contribution in [3.63, 3.8) is 0 Å². The summed E-state index contributed by atoms with van der Waals surface area (Å²) >= 11 is 18.5. The maximum absolute atomic E-state index is 12.9. The average molecular weight is 384 g/mol. The molecular weight excluding hydrogens is 371 g/mol. The SMILES string of the molecule is CC1(c2ccccc2Cl)NC(=O)N(Cc2c(Cl)cccc2Cl)C1=O. The van der Waals surface area contributed by atoms with E-state index in [0.717, 1.165) is 4.90 Å². The van der Waals surface area contributed by atoms with Gasteiger partial charge >= 0.3 is 6.03 Å². The number of hydrogen-bond donors (Lipinski definition) is 1. The molecule has 0 aliphatic carbocycles. The van der Waals surface area contributed by atoms with Crippen molar-refractivity contribution in [3.05, 3.63) is 68.7 Å². The molecule has 7 heteroatoms. The molecule has 0 radical (unpaired) electrons. The van der Waals surface area contributed by atoms with Crippen molar-refractivity contribution in [3.8, 4) is 0 Å². The maximum atomic E-state index is 12.9. The molecule has 24 heavy (non-hydrogen) atoms. The molecule has 1 saturated heterocycles. The first kappa shape index (κ1) is 17.1. The van der Waals surface area contributed by atoms with Crippen LogP contribution in [0.25, 0.3) is 0 Å². The number of carbonyl (C=O) groups is 2. The molecule has 1 aliphatic heterocycles. The van der Waals surface area contributed by atoms with Gasteiger partial charge in [-0.3, -0.25) is 9.69 Å². The summed E-state index contributed by atoms with van der Waals surface area (Å²) in [4.78, 5) is 26.4. The van der Waals surface area contributed by atoms with Crippen molar-refractivity contribution in [1.82, 2.24) is 10.2 Å². The molecule has 0 saturated carbocycles. The van der Waals surface area contributed by atoms with E-state index in [1.165, 1.54) is 0 Å². The molecular formula is C17H13Cl3N2O2. The van der Waals surface area contributed by atoms with Crippen LogP contribution < -0.4 is 5.32 Å². The number of halogens is 3. The fourth-order valence-electron chi connectivity index (χ4n) is 2.73. The van der Waals surface area contributed by atoms with Crippen molar-refractivity contribution in [2.45, 2.75) is 19.0 Å². The van der Waals surface area contributed by atoms with Crippen molar-refractivity contribution in [2.24, 2.45) is 0 Å². The van der Waals surface area contributed by atoms with Crippen LogP contribution in [0.3, 0.4) is 0 Å². The number of urea groups is 1. The summed E-state index contributed by atoms with van der Waals surface area (Å²) in [6.07, 6.45) is 0. The lowest BCUT2D eigenvalue weighted by atomic mass is 9.92. The van der Waals surface area contributed by atoms with Crippen molar-refractivity contribution >= 4 is 46.7 Å². The van der Waals surface area contributed by atoms with Gasteiger partial charge in [-0.15, -0.1) is 0 Å². The van der Waals surface area contributed by atoms with Gasteiger partial charge in [0.1, 0.15) is 5.54 Å². The first-order chi connectivity index (χ1) is 11.3. The van der Waals surface area contributed by atoms with Gasteiger partial charge in [0, 0.05) is 26.2 Å². The molecule has 0 bridgehead atoms. The predicted octanol–water partition coefficient (Wildman–Crippen LogP) is 4.61. The minimum atomic E-state index is -1.23. The molecule has 3 amide bonds. The Kier molecular flexibility index (Phi) is 4.47. The summed E-state index contributed by atoms with van der Waals surface area (Å²) in [6, 6.07) is 11.4. The van der Waals surface area contributed by atoms with Crippen LogP contribution in [-0.4, -0.2) is 16.8 Å². The zero-order chi connectivity index (χ0) is 17.5. The van der Waals surface area contributed by atoms with Gasteiger partial charge in [-0.25, -0.2) is 4.79 Å². The number of amides is 3. The third-order valence-electron chi connectivity index (χ3n) is 4.07. The van der Waals surface area contributed by atoms with Crippen LogP contribution >= 0.6 is 34.8 Å². The van der Waals surface area contributed by atoms with Crippen LogP contribution in [0.4, 0.5) is 4.79 Å². The van der Waals surface area contributed by atoms with Crippen LogP contribution in [0.1, 0.15) is 18.1 Å². The third kappa shape index (κ3) is 2.75. The summed E-state index contributed by atoms with van der Waals surface area (Å²) in [5, 5.41) is 3.92. The van der Waals surface area contributed by atoms with Crippen molar-refractivity contribution in [1.29, 1.82) is 0 Å². The summed E-state index contributed by atoms with van der Waals surface area (Å²) < 4.78 is 0. The molecule has 0 spiro atoms. The zero-order valence-corrected chi connectivity index (χ0v) is 14.9. The molecule has 1 heterocycles. The van der Waals surface area contributed by atoms with E-state index < -0.39 is 17.5 Å².